The van der Waals surface area contributed by atoms with Crippen LogP contribution in [0, 0.1) is 13.8 Å². The lowest BCUT2D eigenvalue weighted by atomic mass is 10.1. The van der Waals surface area contributed by atoms with Gasteiger partial charge in [0.05, 0.1) is 0 Å². The van der Waals surface area contributed by atoms with E-state index in [2.05, 4.69) is 26.2 Å². The van der Waals surface area contributed by atoms with Gasteiger partial charge in [-0.15, -0.1) is 11.8 Å². The van der Waals surface area contributed by atoms with Crippen molar-refractivity contribution in [3.63, 3.8) is 0 Å². The molecule has 1 aromatic rings. The van der Waals surface area contributed by atoms with Gasteiger partial charge in [0.15, 0.2) is 0 Å². The second-order valence-electron chi connectivity index (χ2n) is 2.24. The maximum atomic E-state index is 3.92. The third-order valence-electron chi connectivity index (χ3n) is 1.62. The maximum absolute atomic E-state index is 3.92. The molecule has 1 radical (unpaired) electrons. The molecule has 0 saturated carbocycles. The van der Waals surface area contributed by atoms with Crippen molar-refractivity contribution in [3.8, 4) is 0 Å². The second-order valence-corrected chi connectivity index (χ2v) is 3.09. The van der Waals surface area contributed by atoms with Crippen molar-refractivity contribution in [1.29, 1.82) is 0 Å². The largest absolute Gasteiger partial charge is 0.129 e. The normalized spacial score (nSPS) is 9.90. The first-order valence-electron chi connectivity index (χ1n) is 3.21. The molecule has 1 aromatic carbocycles. The molecule has 0 nitrogen and oxygen atoms in total. The van der Waals surface area contributed by atoms with Gasteiger partial charge in [0.25, 0.3) is 0 Å². The van der Waals surface area contributed by atoms with Crippen LogP contribution >= 0.6 is 11.8 Å². The van der Waals surface area contributed by atoms with Gasteiger partial charge in [-0.3, -0.25) is 0 Å². The molecule has 0 saturated heterocycles. The fourth-order valence-electron chi connectivity index (χ4n) is 0.881. The summed E-state index contributed by atoms with van der Waals surface area (Å²) in [4.78, 5) is 1.33. The first kappa shape index (κ1) is 7.67. The first-order chi connectivity index (χ1) is 4.75. The Morgan fingerprint density at radius 2 is 2.10 bits per heavy atom. The Morgan fingerprint density at radius 1 is 1.40 bits per heavy atom. The van der Waals surface area contributed by atoms with Gasteiger partial charge in [-0.05, 0) is 37.3 Å². The van der Waals surface area contributed by atoms with Crippen LogP contribution in [0.15, 0.2) is 23.1 Å². The Morgan fingerprint density at radius 3 is 2.60 bits per heavy atom. The molecule has 0 spiro atoms. The number of hydrogen-bond acceptors (Lipinski definition) is 1. The zero-order chi connectivity index (χ0) is 7.56. The van der Waals surface area contributed by atoms with E-state index in [1.165, 1.54) is 10.5 Å². The fourth-order valence-corrected chi connectivity index (χ4v) is 1.53. The number of thioether (sulfide) groups is 1. The van der Waals surface area contributed by atoms with Gasteiger partial charge in [0.2, 0.25) is 0 Å². The molecule has 0 atom stereocenters. The topological polar surface area (TPSA) is 0 Å². The van der Waals surface area contributed by atoms with Crippen LogP contribution in [0.25, 0.3) is 0 Å². The zero-order valence-corrected chi connectivity index (χ0v) is 7.16. The zero-order valence-electron chi connectivity index (χ0n) is 6.35. The van der Waals surface area contributed by atoms with Gasteiger partial charge in [-0.1, -0.05) is 12.1 Å². The molecule has 0 heterocycles. The third kappa shape index (κ3) is 1.35. The van der Waals surface area contributed by atoms with Gasteiger partial charge < -0.3 is 0 Å². The summed E-state index contributed by atoms with van der Waals surface area (Å²) in [6.07, 6.45) is 2.09. The number of rotatable bonds is 1. The molecule has 53 valence electrons. The summed E-state index contributed by atoms with van der Waals surface area (Å²) in [5.41, 5.74) is 2.43. The van der Waals surface area contributed by atoms with E-state index in [-0.39, 0.29) is 0 Å². The molecule has 0 unspecified atom stereocenters. The predicted octanol–water partition coefficient (Wildman–Crippen LogP) is 2.90. The van der Waals surface area contributed by atoms with Gasteiger partial charge in [0.1, 0.15) is 0 Å². The van der Waals surface area contributed by atoms with Gasteiger partial charge in [-0.2, -0.15) is 0 Å². The van der Waals surface area contributed by atoms with Crippen LogP contribution in [-0.2, 0) is 0 Å². The van der Waals surface area contributed by atoms with Crippen LogP contribution in [0.2, 0.25) is 0 Å². The highest BCUT2D eigenvalue weighted by atomic mass is 32.2. The molecule has 0 aliphatic heterocycles. The summed E-state index contributed by atoms with van der Waals surface area (Å²) in [5, 5.41) is 0. The molecule has 0 amide bonds. The SMILES string of the molecule is [CH2]c1cccc(SC)c1C. The van der Waals surface area contributed by atoms with Crippen LogP contribution in [-0.4, -0.2) is 6.26 Å². The Labute approximate surface area is 66.6 Å². The quantitative estimate of drug-likeness (QED) is 0.556. The van der Waals surface area contributed by atoms with E-state index in [1.807, 2.05) is 12.1 Å². The standard InChI is InChI=1S/C9H11S/c1-7-5-4-6-9(10-3)8(7)2/h4-6H,1H2,2-3H3. The Balaban J connectivity index is 3.14. The summed E-state index contributed by atoms with van der Waals surface area (Å²) in [6.45, 7) is 6.02. The first-order valence-corrected chi connectivity index (χ1v) is 4.43. The van der Waals surface area contributed by atoms with Crippen molar-refractivity contribution in [2.75, 3.05) is 6.26 Å². The van der Waals surface area contributed by atoms with Gasteiger partial charge >= 0.3 is 0 Å². The average molecular weight is 151 g/mol. The lowest BCUT2D eigenvalue weighted by Gasteiger charge is -2.03. The minimum atomic E-state index is 1.13. The summed E-state index contributed by atoms with van der Waals surface area (Å²) in [6, 6.07) is 6.20. The second kappa shape index (κ2) is 3.11. The van der Waals surface area contributed by atoms with Crippen LogP contribution in [0.1, 0.15) is 11.1 Å². The maximum Gasteiger partial charge on any atom is 0.0101 e. The Hall–Kier alpha value is -0.430. The summed E-state index contributed by atoms with van der Waals surface area (Å²) in [5.74, 6) is 0. The van der Waals surface area contributed by atoms with Crippen LogP contribution in [0.4, 0.5) is 0 Å². The van der Waals surface area contributed by atoms with E-state index in [0.717, 1.165) is 5.56 Å². The smallest absolute Gasteiger partial charge is 0.0101 e. The molecule has 0 bridgehead atoms. The van der Waals surface area contributed by atoms with Crippen molar-refractivity contribution in [1.82, 2.24) is 0 Å². The molecular formula is C9H11S. The molecule has 0 fully saturated rings. The molecule has 0 aliphatic rings. The highest BCUT2D eigenvalue weighted by molar-refractivity contribution is 7.98. The lowest BCUT2D eigenvalue weighted by molar-refractivity contribution is 1.27. The van der Waals surface area contributed by atoms with E-state index in [0.29, 0.717) is 0 Å². The number of benzene rings is 1. The Bertz CT molecular complexity index is 228. The summed E-state index contributed by atoms with van der Waals surface area (Å²) >= 11 is 1.77. The Kier molecular flexibility index (Phi) is 2.39. The minimum Gasteiger partial charge on any atom is -0.129 e. The van der Waals surface area contributed by atoms with E-state index >= 15 is 0 Å². The third-order valence-corrected chi connectivity index (χ3v) is 2.50. The van der Waals surface area contributed by atoms with Gasteiger partial charge in [0, 0.05) is 4.90 Å². The van der Waals surface area contributed by atoms with Gasteiger partial charge in [-0.25, -0.2) is 0 Å². The molecule has 0 N–H and O–H groups in total. The van der Waals surface area contributed by atoms with E-state index in [4.69, 9.17) is 0 Å². The van der Waals surface area contributed by atoms with Crippen molar-refractivity contribution in [2.45, 2.75) is 11.8 Å². The molecule has 0 aromatic heterocycles. The molecule has 0 aliphatic carbocycles. The van der Waals surface area contributed by atoms with Crippen molar-refractivity contribution in [3.05, 3.63) is 36.2 Å². The highest BCUT2D eigenvalue weighted by Crippen LogP contribution is 2.21. The van der Waals surface area contributed by atoms with Crippen LogP contribution < -0.4 is 0 Å². The molecule has 1 heteroatoms. The van der Waals surface area contributed by atoms with Crippen molar-refractivity contribution < 1.29 is 0 Å². The molecular weight excluding hydrogens is 140 g/mol. The summed E-state index contributed by atoms with van der Waals surface area (Å²) < 4.78 is 0. The van der Waals surface area contributed by atoms with E-state index in [1.54, 1.807) is 11.8 Å². The van der Waals surface area contributed by atoms with E-state index in [9.17, 15) is 0 Å². The van der Waals surface area contributed by atoms with Crippen LogP contribution in [0.5, 0.6) is 0 Å². The fraction of sp³-hybridized carbons (Fsp3) is 0.222. The van der Waals surface area contributed by atoms with Crippen molar-refractivity contribution in [2.24, 2.45) is 0 Å². The molecule has 10 heavy (non-hydrogen) atoms. The molecule has 1 rings (SSSR count). The average Bonchev–Trinajstić information content (AvgIpc) is 1.95. The van der Waals surface area contributed by atoms with E-state index < -0.39 is 0 Å². The highest BCUT2D eigenvalue weighted by Gasteiger charge is 1.96. The lowest BCUT2D eigenvalue weighted by Crippen LogP contribution is -1.82. The number of hydrogen-bond donors (Lipinski definition) is 0. The minimum absolute atomic E-state index is 1.13. The summed E-state index contributed by atoms with van der Waals surface area (Å²) in [7, 11) is 0. The van der Waals surface area contributed by atoms with Crippen LogP contribution in [0.3, 0.4) is 0 Å². The monoisotopic (exact) mass is 151 g/mol. The van der Waals surface area contributed by atoms with Crippen molar-refractivity contribution >= 4 is 11.8 Å². The predicted molar refractivity (Wildman–Crippen MR) is 47.4 cm³/mol.